The summed E-state index contributed by atoms with van der Waals surface area (Å²) in [6.07, 6.45) is 0.962. The van der Waals surface area contributed by atoms with Gasteiger partial charge in [-0.05, 0) is 43.3 Å². The minimum Gasteiger partial charge on any atom is -0.496 e. The lowest BCUT2D eigenvalue weighted by Gasteiger charge is -2.36. The Morgan fingerprint density at radius 3 is 2.79 bits per heavy atom. The number of aromatic amines is 1. The summed E-state index contributed by atoms with van der Waals surface area (Å²) in [6, 6.07) is 7.80. The minimum absolute atomic E-state index is 0.00134. The SMILES string of the molecule is [2H]c1cc(S(=O)(=O)CC)cc(C2(N)N=CC(F)=C(N(C)c3ccc4c(C)[nH]nc4c3)N2)c1OC. The van der Waals surface area contributed by atoms with Gasteiger partial charge < -0.3 is 15.0 Å². The number of anilines is 1. The van der Waals surface area contributed by atoms with Crippen molar-refractivity contribution in [2.45, 2.75) is 24.5 Å². The van der Waals surface area contributed by atoms with Crippen molar-refractivity contribution < 1.29 is 18.9 Å². The Hall–Kier alpha value is -3.44. The van der Waals surface area contributed by atoms with E-state index in [-0.39, 0.29) is 33.8 Å². The number of aliphatic imine (C=N–C) groups is 1. The van der Waals surface area contributed by atoms with Crippen LogP contribution in [0.2, 0.25) is 0 Å². The quantitative estimate of drug-likeness (QED) is 0.503. The van der Waals surface area contributed by atoms with Gasteiger partial charge in [0.2, 0.25) is 5.79 Å². The lowest BCUT2D eigenvalue weighted by atomic mass is 10.1. The maximum atomic E-state index is 14.9. The van der Waals surface area contributed by atoms with Gasteiger partial charge in [-0.2, -0.15) is 5.10 Å². The molecular weight excluding hydrogens is 447 g/mol. The molecule has 0 saturated carbocycles. The number of aryl methyl sites for hydroxylation is 1. The first-order valence-electron chi connectivity index (χ1n) is 10.6. The fraction of sp³-hybridized carbons (Fsp3) is 0.273. The largest absolute Gasteiger partial charge is 0.496 e. The molecule has 0 spiro atoms. The van der Waals surface area contributed by atoms with Gasteiger partial charge in [0.15, 0.2) is 15.7 Å². The molecule has 0 bridgehead atoms. The molecule has 0 fully saturated rings. The zero-order valence-electron chi connectivity index (χ0n) is 19.6. The number of H-pyrrole nitrogens is 1. The molecular formula is C22H25FN6O3S. The van der Waals surface area contributed by atoms with Crippen LogP contribution in [-0.2, 0) is 15.6 Å². The van der Waals surface area contributed by atoms with E-state index in [1.165, 1.54) is 26.2 Å². The molecule has 174 valence electrons. The van der Waals surface area contributed by atoms with E-state index in [4.69, 9.17) is 11.8 Å². The second kappa shape index (κ2) is 8.16. The van der Waals surface area contributed by atoms with Gasteiger partial charge in [0, 0.05) is 23.8 Å². The van der Waals surface area contributed by atoms with Crippen molar-refractivity contribution in [2.75, 3.05) is 24.8 Å². The Balaban J connectivity index is 1.78. The van der Waals surface area contributed by atoms with E-state index >= 15 is 0 Å². The van der Waals surface area contributed by atoms with E-state index in [9.17, 15) is 12.8 Å². The number of methoxy groups -OCH3 is 1. The highest BCUT2D eigenvalue weighted by molar-refractivity contribution is 7.91. The summed E-state index contributed by atoms with van der Waals surface area (Å²) in [4.78, 5) is 5.55. The Morgan fingerprint density at radius 1 is 1.33 bits per heavy atom. The van der Waals surface area contributed by atoms with Crippen LogP contribution in [0.4, 0.5) is 10.1 Å². The number of benzene rings is 2. The van der Waals surface area contributed by atoms with Crippen molar-refractivity contribution in [3.05, 3.63) is 59.3 Å². The maximum absolute atomic E-state index is 14.9. The first-order valence-corrected chi connectivity index (χ1v) is 11.8. The van der Waals surface area contributed by atoms with Gasteiger partial charge in [0.1, 0.15) is 11.6 Å². The molecule has 4 rings (SSSR count). The first kappa shape index (κ1) is 21.4. The number of hydrogen-bond donors (Lipinski definition) is 3. The number of aromatic nitrogens is 2. The van der Waals surface area contributed by atoms with Gasteiger partial charge in [0.25, 0.3) is 0 Å². The minimum atomic E-state index is -3.65. The van der Waals surface area contributed by atoms with Gasteiger partial charge >= 0.3 is 0 Å². The van der Waals surface area contributed by atoms with Crippen molar-refractivity contribution in [3.63, 3.8) is 0 Å². The highest BCUT2D eigenvalue weighted by Crippen LogP contribution is 2.34. The third-order valence-corrected chi connectivity index (χ3v) is 7.31. The van der Waals surface area contributed by atoms with Crippen LogP contribution in [0.1, 0.15) is 19.6 Å². The molecule has 1 aromatic heterocycles. The average Bonchev–Trinajstić information content (AvgIpc) is 3.19. The molecule has 0 saturated heterocycles. The Kier molecular flexibility index (Phi) is 5.29. The lowest BCUT2D eigenvalue weighted by Crippen LogP contribution is -2.53. The average molecular weight is 474 g/mol. The number of rotatable bonds is 6. The summed E-state index contributed by atoms with van der Waals surface area (Å²) in [5.74, 6) is -2.61. The molecule has 1 unspecified atom stereocenters. The molecule has 2 aromatic carbocycles. The van der Waals surface area contributed by atoms with Gasteiger partial charge in [0.05, 0.1) is 36.4 Å². The zero-order chi connectivity index (χ0) is 24.8. The molecule has 11 heteroatoms. The molecule has 0 amide bonds. The summed E-state index contributed by atoms with van der Waals surface area (Å²) < 4.78 is 53.5. The van der Waals surface area contributed by atoms with E-state index in [2.05, 4.69) is 20.5 Å². The van der Waals surface area contributed by atoms with E-state index < -0.39 is 21.5 Å². The fourth-order valence-corrected chi connectivity index (χ4v) is 4.48. The maximum Gasteiger partial charge on any atom is 0.214 e. The van der Waals surface area contributed by atoms with Crippen LogP contribution >= 0.6 is 0 Å². The monoisotopic (exact) mass is 473 g/mol. The number of nitrogens with zero attached hydrogens (tertiary/aromatic N) is 3. The summed E-state index contributed by atoms with van der Waals surface area (Å²) in [5, 5.41) is 11.0. The zero-order valence-corrected chi connectivity index (χ0v) is 19.4. The Morgan fingerprint density at radius 2 is 2.09 bits per heavy atom. The van der Waals surface area contributed by atoms with Gasteiger partial charge in [-0.25, -0.2) is 17.8 Å². The second-order valence-corrected chi connectivity index (χ2v) is 9.92. The summed E-state index contributed by atoms with van der Waals surface area (Å²) >= 11 is 0. The van der Waals surface area contributed by atoms with Crippen molar-refractivity contribution in [3.8, 4) is 5.75 Å². The van der Waals surface area contributed by atoms with E-state index in [0.717, 1.165) is 17.3 Å². The normalized spacial score (nSPS) is 18.9. The smallest absolute Gasteiger partial charge is 0.214 e. The predicted octanol–water partition coefficient (Wildman–Crippen LogP) is 2.69. The summed E-state index contributed by atoms with van der Waals surface area (Å²) in [7, 11) is -0.668. The molecule has 4 N–H and O–H groups in total. The van der Waals surface area contributed by atoms with Crippen LogP contribution < -0.4 is 20.7 Å². The summed E-state index contributed by atoms with van der Waals surface area (Å²) in [6.45, 7) is 3.41. The molecule has 3 aromatic rings. The molecule has 1 atom stereocenters. The van der Waals surface area contributed by atoms with Gasteiger partial charge in [-0.3, -0.25) is 10.8 Å². The van der Waals surface area contributed by atoms with E-state index in [1.807, 2.05) is 19.1 Å². The number of ether oxygens (including phenoxy) is 1. The van der Waals surface area contributed by atoms with Crippen LogP contribution in [0.3, 0.4) is 0 Å². The second-order valence-electron chi connectivity index (χ2n) is 7.64. The van der Waals surface area contributed by atoms with Crippen molar-refractivity contribution >= 4 is 32.6 Å². The molecule has 1 aliphatic rings. The van der Waals surface area contributed by atoms with Crippen molar-refractivity contribution in [1.29, 1.82) is 0 Å². The number of halogens is 1. The number of sulfone groups is 1. The lowest BCUT2D eigenvalue weighted by molar-refractivity contribution is 0.345. The van der Waals surface area contributed by atoms with Crippen molar-refractivity contribution in [1.82, 2.24) is 15.5 Å². The number of nitrogens with one attached hydrogen (secondary N) is 2. The first-order chi connectivity index (χ1) is 16.0. The predicted molar refractivity (Wildman–Crippen MR) is 126 cm³/mol. The van der Waals surface area contributed by atoms with Gasteiger partial charge in [-0.1, -0.05) is 6.92 Å². The highest BCUT2D eigenvalue weighted by atomic mass is 32.2. The van der Waals surface area contributed by atoms with Crippen LogP contribution in [-0.4, -0.2) is 44.7 Å². The Bertz CT molecular complexity index is 1450. The third-order valence-electron chi connectivity index (χ3n) is 5.60. The van der Waals surface area contributed by atoms with Crippen LogP contribution in [0.5, 0.6) is 5.75 Å². The van der Waals surface area contributed by atoms with E-state index in [0.29, 0.717) is 11.2 Å². The highest BCUT2D eigenvalue weighted by Gasteiger charge is 2.36. The van der Waals surface area contributed by atoms with E-state index in [1.54, 1.807) is 18.0 Å². The molecule has 1 aliphatic heterocycles. The number of hydrogen-bond acceptors (Lipinski definition) is 8. The molecule has 33 heavy (non-hydrogen) atoms. The topological polar surface area (TPSA) is 126 Å². The number of fused-ring (bicyclic) bond motifs is 1. The number of nitrogens with two attached hydrogens (primary N) is 1. The molecule has 0 radical (unpaired) electrons. The fourth-order valence-electron chi connectivity index (χ4n) is 3.61. The Labute approximate surface area is 192 Å². The van der Waals surface area contributed by atoms with Crippen molar-refractivity contribution in [2.24, 2.45) is 10.7 Å². The number of allylic oxidation sites excluding steroid dienone is 1. The third kappa shape index (κ3) is 3.93. The van der Waals surface area contributed by atoms with Crippen LogP contribution in [0, 0.1) is 6.92 Å². The standard InChI is InChI=1S/C22H25FN6O3S/c1-5-33(30,31)15-7-9-20(32-4)17(11-15)22(24)25-12-18(23)21(26-22)29(3)14-6-8-16-13(2)27-28-19(16)10-14/h6-12,26H,5,24H2,1-4H3,(H,27,28)/i9D. The van der Waals surface area contributed by atoms with Crippen LogP contribution in [0.25, 0.3) is 10.9 Å². The summed E-state index contributed by atoms with van der Waals surface area (Å²) in [5.41, 5.74) is 8.87. The molecule has 2 heterocycles. The molecule has 9 nitrogen and oxygen atoms in total. The van der Waals surface area contributed by atoms with Gasteiger partial charge in [-0.15, -0.1) is 0 Å². The molecule has 0 aliphatic carbocycles. The van der Waals surface area contributed by atoms with Crippen LogP contribution in [0.15, 0.2) is 57.9 Å².